The Morgan fingerprint density at radius 3 is 2.00 bits per heavy atom. The van der Waals surface area contributed by atoms with Gasteiger partial charge in [-0.3, -0.25) is 0 Å². The average molecular weight is 199 g/mol. The molecule has 0 aliphatic rings. The Hall–Kier alpha value is 0.240. The molecule has 0 aromatic heterocycles. The molecule has 0 saturated heterocycles. The molecule has 0 N–H and O–H groups in total. The number of halogens is 2. The maximum atomic E-state index is 5.41. The predicted molar refractivity (Wildman–Crippen MR) is 46.8 cm³/mol. The lowest BCUT2D eigenvalue weighted by Crippen LogP contribution is -2.14. The van der Waals surface area contributed by atoms with E-state index in [1.807, 2.05) is 13.8 Å². The molecule has 0 aromatic rings. The molecule has 4 heteroatoms. The second-order valence-corrected chi connectivity index (χ2v) is 2.74. The van der Waals surface area contributed by atoms with Crippen molar-refractivity contribution < 1.29 is 9.47 Å². The van der Waals surface area contributed by atoms with Crippen LogP contribution in [0, 0.1) is 0 Å². The monoisotopic (exact) mass is 198 g/mol. The van der Waals surface area contributed by atoms with E-state index < -0.39 is 6.29 Å². The molecular formula is C7H12Cl2O2. The SMILES string of the molecule is CCOC(C=C(Cl)Cl)OCC. The van der Waals surface area contributed by atoms with Gasteiger partial charge in [0.2, 0.25) is 0 Å². The van der Waals surface area contributed by atoms with Gasteiger partial charge in [-0.1, -0.05) is 23.2 Å². The Labute approximate surface area is 77.1 Å². The van der Waals surface area contributed by atoms with Gasteiger partial charge in [0.15, 0.2) is 6.29 Å². The first-order valence-electron chi connectivity index (χ1n) is 3.46. The van der Waals surface area contributed by atoms with E-state index in [9.17, 15) is 0 Å². The highest BCUT2D eigenvalue weighted by molar-refractivity contribution is 6.55. The molecule has 0 aliphatic carbocycles. The first-order chi connectivity index (χ1) is 5.20. The second-order valence-electron chi connectivity index (χ2n) is 1.74. The summed E-state index contributed by atoms with van der Waals surface area (Å²) in [4.78, 5) is 0. The van der Waals surface area contributed by atoms with Gasteiger partial charge in [-0.25, -0.2) is 0 Å². The van der Waals surface area contributed by atoms with Crippen molar-refractivity contribution >= 4 is 23.2 Å². The van der Waals surface area contributed by atoms with E-state index in [1.54, 1.807) is 0 Å². The van der Waals surface area contributed by atoms with Crippen LogP contribution in [-0.4, -0.2) is 19.5 Å². The maximum absolute atomic E-state index is 5.41. The average Bonchev–Trinajstić information content (AvgIpc) is 1.87. The minimum Gasteiger partial charge on any atom is -0.349 e. The zero-order chi connectivity index (χ0) is 8.69. The van der Waals surface area contributed by atoms with Crippen LogP contribution in [0.15, 0.2) is 10.6 Å². The van der Waals surface area contributed by atoms with Crippen LogP contribution in [0.4, 0.5) is 0 Å². The number of ether oxygens (including phenoxy) is 2. The predicted octanol–water partition coefficient (Wildman–Crippen LogP) is 2.70. The van der Waals surface area contributed by atoms with Crippen LogP contribution in [-0.2, 0) is 9.47 Å². The Bertz CT molecular complexity index is 116. The molecule has 0 heterocycles. The third kappa shape index (κ3) is 6.63. The van der Waals surface area contributed by atoms with Crippen LogP contribution in [0.2, 0.25) is 0 Å². The van der Waals surface area contributed by atoms with E-state index in [1.165, 1.54) is 6.08 Å². The van der Waals surface area contributed by atoms with Crippen LogP contribution in [0.3, 0.4) is 0 Å². The summed E-state index contributed by atoms with van der Waals surface area (Å²) in [5.74, 6) is 0. The zero-order valence-corrected chi connectivity index (χ0v) is 8.15. The third-order valence-corrected chi connectivity index (χ3v) is 1.18. The summed E-state index contributed by atoms with van der Waals surface area (Å²) >= 11 is 10.8. The van der Waals surface area contributed by atoms with E-state index in [0.717, 1.165) is 0 Å². The molecule has 0 aromatic carbocycles. The minimum atomic E-state index is -0.421. The molecule has 2 nitrogen and oxygen atoms in total. The fraction of sp³-hybridized carbons (Fsp3) is 0.714. The molecule has 0 atom stereocenters. The van der Waals surface area contributed by atoms with E-state index >= 15 is 0 Å². The fourth-order valence-electron chi connectivity index (χ4n) is 0.576. The van der Waals surface area contributed by atoms with Gasteiger partial charge in [-0.05, 0) is 13.8 Å². The molecule has 66 valence electrons. The zero-order valence-electron chi connectivity index (χ0n) is 6.64. The van der Waals surface area contributed by atoms with Crippen molar-refractivity contribution in [3.8, 4) is 0 Å². The van der Waals surface area contributed by atoms with Crippen molar-refractivity contribution in [2.45, 2.75) is 20.1 Å². The molecule has 0 bridgehead atoms. The largest absolute Gasteiger partial charge is 0.349 e. The van der Waals surface area contributed by atoms with Crippen LogP contribution in [0.5, 0.6) is 0 Å². The van der Waals surface area contributed by atoms with Gasteiger partial charge < -0.3 is 9.47 Å². The summed E-state index contributed by atoms with van der Waals surface area (Å²) in [6.45, 7) is 4.90. The van der Waals surface area contributed by atoms with Crippen molar-refractivity contribution in [1.29, 1.82) is 0 Å². The van der Waals surface area contributed by atoms with Crippen LogP contribution >= 0.6 is 23.2 Å². The minimum absolute atomic E-state index is 0.164. The number of hydrogen-bond acceptors (Lipinski definition) is 2. The van der Waals surface area contributed by atoms with Gasteiger partial charge >= 0.3 is 0 Å². The van der Waals surface area contributed by atoms with E-state index in [2.05, 4.69) is 0 Å². The molecule has 0 amide bonds. The molecular weight excluding hydrogens is 187 g/mol. The Kier molecular flexibility index (Phi) is 7.07. The van der Waals surface area contributed by atoms with E-state index in [4.69, 9.17) is 32.7 Å². The van der Waals surface area contributed by atoms with Crippen LogP contribution in [0.25, 0.3) is 0 Å². The van der Waals surface area contributed by atoms with Crippen molar-refractivity contribution in [2.24, 2.45) is 0 Å². The first-order valence-corrected chi connectivity index (χ1v) is 4.22. The standard InChI is InChI=1S/C7H12Cl2O2/c1-3-10-7(11-4-2)5-6(8)9/h5,7H,3-4H2,1-2H3. The Balaban J connectivity index is 3.78. The lowest BCUT2D eigenvalue weighted by Gasteiger charge is -2.11. The Morgan fingerprint density at radius 1 is 1.27 bits per heavy atom. The summed E-state index contributed by atoms with van der Waals surface area (Å²) in [5, 5.41) is 0. The van der Waals surface area contributed by atoms with Gasteiger partial charge in [0, 0.05) is 19.3 Å². The third-order valence-electron chi connectivity index (χ3n) is 0.924. The fourth-order valence-corrected chi connectivity index (χ4v) is 0.781. The Morgan fingerprint density at radius 2 is 1.73 bits per heavy atom. The van der Waals surface area contributed by atoms with Crippen molar-refractivity contribution in [3.63, 3.8) is 0 Å². The molecule has 0 fully saturated rings. The topological polar surface area (TPSA) is 18.5 Å². The summed E-state index contributed by atoms with van der Waals surface area (Å²) in [5.41, 5.74) is 0. The molecule has 0 saturated carbocycles. The van der Waals surface area contributed by atoms with Gasteiger partial charge in [0.05, 0.1) is 0 Å². The second kappa shape index (κ2) is 6.92. The van der Waals surface area contributed by atoms with Crippen molar-refractivity contribution in [2.75, 3.05) is 13.2 Å². The van der Waals surface area contributed by atoms with E-state index in [-0.39, 0.29) is 4.49 Å². The molecule has 0 spiro atoms. The lowest BCUT2D eigenvalue weighted by molar-refractivity contribution is -0.103. The lowest BCUT2D eigenvalue weighted by atomic mass is 10.6. The van der Waals surface area contributed by atoms with Gasteiger partial charge in [0.1, 0.15) is 4.49 Å². The molecule has 0 aliphatic heterocycles. The van der Waals surface area contributed by atoms with Crippen LogP contribution in [0.1, 0.15) is 13.8 Å². The van der Waals surface area contributed by atoms with Gasteiger partial charge in [-0.15, -0.1) is 0 Å². The maximum Gasteiger partial charge on any atom is 0.179 e. The summed E-state index contributed by atoms with van der Waals surface area (Å²) in [6.07, 6.45) is 1.09. The smallest absolute Gasteiger partial charge is 0.179 e. The van der Waals surface area contributed by atoms with Crippen LogP contribution < -0.4 is 0 Å². The quantitative estimate of drug-likeness (QED) is 0.633. The van der Waals surface area contributed by atoms with Crippen molar-refractivity contribution in [1.82, 2.24) is 0 Å². The van der Waals surface area contributed by atoms with Crippen molar-refractivity contribution in [3.05, 3.63) is 10.6 Å². The normalized spacial score (nSPS) is 10.3. The summed E-state index contributed by atoms with van der Waals surface area (Å²) in [7, 11) is 0. The van der Waals surface area contributed by atoms with Gasteiger partial charge in [-0.2, -0.15) is 0 Å². The summed E-state index contributed by atoms with van der Waals surface area (Å²) in [6, 6.07) is 0. The first kappa shape index (κ1) is 11.2. The number of rotatable bonds is 5. The highest BCUT2D eigenvalue weighted by atomic mass is 35.5. The summed E-state index contributed by atoms with van der Waals surface area (Å²) < 4.78 is 10.4. The highest BCUT2D eigenvalue weighted by Crippen LogP contribution is 2.10. The van der Waals surface area contributed by atoms with Gasteiger partial charge in [0.25, 0.3) is 0 Å². The molecule has 0 rings (SSSR count). The van der Waals surface area contributed by atoms with E-state index in [0.29, 0.717) is 13.2 Å². The molecule has 0 unspecified atom stereocenters. The number of hydrogen-bond donors (Lipinski definition) is 0. The molecule has 0 radical (unpaired) electrons. The molecule has 11 heavy (non-hydrogen) atoms. The highest BCUT2D eigenvalue weighted by Gasteiger charge is 2.03.